The van der Waals surface area contributed by atoms with Crippen molar-refractivity contribution in [2.24, 2.45) is 0 Å². The van der Waals surface area contributed by atoms with Crippen LogP contribution in [0.25, 0.3) is 11.1 Å². The molecule has 0 heterocycles. The first-order chi connectivity index (χ1) is 14.3. The number of nitrogens with one attached hydrogen (secondary N) is 1. The first kappa shape index (κ1) is 21.9. The van der Waals surface area contributed by atoms with Crippen molar-refractivity contribution < 1.29 is 23.4 Å². The molecular weight excluding hydrogens is 435 g/mol. The summed E-state index contributed by atoms with van der Waals surface area (Å²) in [4.78, 5) is 11.3. The second kappa shape index (κ2) is 9.32. The highest BCUT2D eigenvalue weighted by atomic mass is 35.5. The second-order valence-corrected chi connectivity index (χ2v) is 7.26. The minimum Gasteiger partial charge on any atom is -0.507 e. The fourth-order valence-electron chi connectivity index (χ4n) is 2.88. The van der Waals surface area contributed by atoms with Crippen LogP contribution in [0.4, 0.5) is 8.78 Å². The quantitative estimate of drug-likeness (QED) is 0.530. The lowest BCUT2D eigenvalue weighted by atomic mass is 9.97. The fraction of sp³-hybridized carbons (Fsp3) is 0.136. The van der Waals surface area contributed by atoms with Crippen molar-refractivity contribution in [1.82, 2.24) is 5.32 Å². The van der Waals surface area contributed by atoms with Crippen molar-refractivity contribution in [1.29, 1.82) is 0 Å². The SMILES string of the molecule is CNC(=O)COc1cc(Cl)c(Cc2ccc(O)c(-c3ccc(F)cc3)c2F)c(Cl)c1. The summed E-state index contributed by atoms with van der Waals surface area (Å²) < 4.78 is 33.7. The topological polar surface area (TPSA) is 58.6 Å². The van der Waals surface area contributed by atoms with Gasteiger partial charge < -0.3 is 15.2 Å². The summed E-state index contributed by atoms with van der Waals surface area (Å²) in [6, 6.07) is 10.9. The minimum atomic E-state index is -0.659. The Hall–Kier alpha value is -2.83. The molecule has 0 radical (unpaired) electrons. The van der Waals surface area contributed by atoms with Crippen LogP contribution in [0.3, 0.4) is 0 Å². The fourth-order valence-corrected chi connectivity index (χ4v) is 3.48. The summed E-state index contributed by atoms with van der Waals surface area (Å²) in [5.41, 5.74) is 1.00. The Kier molecular flexibility index (Phi) is 6.80. The summed E-state index contributed by atoms with van der Waals surface area (Å²) in [7, 11) is 1.49. The molecule has 0 saturated carbocycles. The summed E-state index contributed by atoms with van der Waals surface area (Å²) >= 11 is 12.6. The molecule has 2 N–H and O–H groups in total. The van der Waals surface area contributed by atoms with Crippen molar-refractivity contribution in [3.8, 4) is 22.6 Å². The van der Waals surface area contributed by atoms with Gasteiger partial charge in [0.15, 0.2) is 6.61 Å². The number of ether oxygens (including phenoxy) is 1. The van der Waals surface area contributed by atoms with E-state index in [0.29, 0.717) is 16.9 Å². The highest BCUT2D eigenvalue weighted by molar-refractivity contribution is 6.36. The van der Waals surface area contributed by atoms with E-state index >= 15 is 4.39 Å². The number of phenols is 1. The van der Waals surface area contributed by atoms with Crippen LogP contribution >= 0.6 is 23.2 Å². The Morgan fingerprint density at radius 2 is 1.70 bits per heavy atom. The molecular formula is C22H17Cl2F2NO3. The van der Waals surface area contributed by atoms with Crippen LogP contribution in [0.2, 0.25) is 10.0 Å². The normalized spacial score (nSPS) is 10.7. The van der Waals surface area contributed by atoms with Crippen LogP contribution < -0.4 is 10.1 Å². The van der Waals surface area contributed by atoms with E-state index in [9.17, 15) is 14.3 Å². The maximum absolute atomic E-state index is 15.2. The highest BCUT2D eigenvalue weighted by Crippen LogP contribution is 2.37. The molecule has 1 amide bonds. The van der Waals surface area contributed by atoms with Gasteiger partial charge in [-0.2, -0.15) is 0 Å². The van der Waals surface area contributed by atoms with E-state index < -0.39 is 11.6 Å². The number of aromatic hydroxyl groups is 1. The number of benzene rings is 3. The van der Waals surface area contributed by atoms with Gasteiger partial charge in [-0.15, -0.1) is 0 Å². The third-order valence-electron chi connectivity index (χ3n) is 4.46. The number of hydrogen-bond donors (Lipinski definition) is 2. The van der Waals surface area contributed by atoms with Gasteiger partial charge in [0.2, 0.25) is 0 Å². The molecule has 0 aliphatic heterocycles. The van der Waals surface area contributed by atoms with E-state index in [1.807, 2.05) is 0 Å². The van der Waals surface area contributed by atoms with Crippen molar-refractivity contribution in [2.45, 2.75) is 6.42 Å². The number of carbonyl (C=O) groups is 1. The number of rotatable bonds is 6. The number of likely N-dealkylation sites (N-methyl/N-ethyl adjacent to an activating group) is 1. The maximum Gasteiger partial charge on any atom is 0.257 e. The van der Waals surface area contributed by atoms with E-state index in [1.54, 1.807) is 0 Å². The monoisotopic (exact) mass is 451 g/mol. The van der Waals surface area contributed by atoms with E-state index in [4.69, 9.17) is 27.9 Å². The number of halogens is 4. The first-order valence-electron chi connectivity index (χ1n) is 8.87. The number of hydrogen-bond acceptors (Lipinski definition) is 3. The van der Waals surface area contributed by atoms with Gasteiger partial charge in [-0.3, -0.25) is 4.79 Å². The van der Waals surface area contributed by atoms with E-state index in [0.717, 1.165) is 0 Å². The molecule has 0 bridgehead atoms. The molecule has 0 aliphatic carbocycles. The molecule has 30 heavy (non-hydrogen) atoms. The molecule has 0 fully saturated rings. The third kappa shape index (κ3) is 4.83. The first-order valence-corrected chi connectivity index (χ1v) is 9.63. The van der Waals surface area contributed by atoms with Crippen LogP contribution in [-0.4, -0.2) is 24.7 Å². The number of carbonyl (C=O) groups excluding carboxylic acids is 1. The predicted octanol–water partition coefficient (Wildman–Crippen LogP) is 5.36. The van der Waals surface area contributed by atoms with Gasteiger partial charge in [-0.05, 0) is 47.0 Å². The predicted molar refractivity (Wildman–Crippen MR) is 112 cm³/mol. The molecule has 3 rings (SSSR count). The summed E-state index contributed by atoms with van der Waals surface area (Å²) in [6.07, 6.45) is 0.0493. The van der Waals surface area contributed by atoms with E-state index in [1.165, 1.54) is 55.6 Å². The van der Waals surface area contributed by atoms with Crippen molar-refractivity contribution in [3.63, 3.8) is 0 Å². The van der Waals surface area contributed by atoms with Crippen molar-refractivity contribution in [3.05, 3.63) is 81.3 Å². The standard InChI is InChI=1S/C22H17Cl2F2NO3/c1-27-20(29)11-30-15-9-17(23)16(18(24)10-15)8-13-4-7-19(28)21(22(13)26)12-2-5-14(25)6-3-12/h2-7,9-10,28H,8,11H2,1H3,(H,27,29). The molecule has 0 aromatic heterocycles. The summed E-state index contributed by atoms with van der Waals surface area (Å²) in [5.74, 6) is -1.40. The zero-order valence-corrected chi connectivity index (χ0v) is 17.3. The Morgan fingerprint density at radius 1 is 1.07 bits per heavy atom. The Labute approximate surface area is 182 Å². The summed E-state index contributed by atoms with van der Waals surface area (Å²) in [5, 5.41) is 13.0. The average molecular weight is 452 g/mol. The van der Waals surface area contributed by atoms with Gasteiger partial charge >= 0.3 is 0 Å². The molecule has 0 aliphatic rings. The van der Waals surface area contributed by atoms with Crippen LogP contribution in [-0.2, 0) is 11.2 Å². The lowest BCUT2D eigenvalue weighted by molar-refractivity contribution is -0.122. The van der Waals surface area contributed by atoms with E-state index in [-0.39, 0.29) is 45.9 Å². The van der Waals surface area contributed by atoms with Crippen LogP contribution in [0.15, 0.2) is 48.5 Å². The third-order valence-corrected chi connectivity index (χ3v) is 5.14. The average Bonchev–Trinajstić information content (AvgIpc) is 2.71. The number of amides is 1. The zero-order chi connectivity index (χ0) is 21.8. The molecule has 8 heteroatoms. The zero-order valence-electron chi connectivity index (χ0n) is 15.8. The lowest BCUT2D eigenvalue weighted by Gasteiger charge is -2.14. The molecule has 156 valence electrons. The van der Waals surface area contributed by atoms with Gasteiger partial charge in [0.25, 0.3) is 5.91 Å². The molecule has 3 aromatic rings. The van der Waals surface area contributed by atoms with Crippen LogP contribution in [0, 0.1) is 11.6 Å². The van der Waals surface area contributed by atoms with Crippen LogP contribution in [0.5, 0.6) is 11.5 Å². The van der Waals surface area contributed by atoms with Gasteiger partial charge in [-0.25, -0.2) is 8.78 Å². The molecule has 0 unspecified atom stereocenters. The van der Waals surface area contributed by atoms with Crippen LogP contribution in [0.1, 0.15) is 11.1 Å². The van der Waals surface area contributed by atoms with Gasteiger partial charge in [-0.1, -0.05) is 41.4 Å². The Balaban J connectivity index is 1.92. The largest absolute Gasteiger partial charge is 0.507 e. The second-order valence-electron chi connectivity index (χ2n) is 6.44. The molecule has 0 spiro atoms. The lowest BCUT2D eigenvalue weighted by Crippen LogP contribution is -2.24. The smallest absolute Gasteiger partial charge is 0.257 e. The molecule has 4 nitrogen and oxygen atoms in total. The van der Waals surface area contributed by atoms with Crippen molar-refractivity contribution in [2.75, 3.05) is 13.7 Å². The minimum absolute atomic E-state index is 0.0368. The van der Waals surface area contributed by atoms with E-state index in [2.05, 4.69) is 5.32 Å². The molecule has 0 saturated heterocycles. The molecule has 3 aromatic carbocycles. The van der Waals surface area contributed by atoms with Gasteiger partial charge in [0.1, 0.15) is 23.1 Å². The summed E-state index contributed by atoms with van der Waals surface area (Å²) in [6.45, 7) is -0.198. The van der Waals surface area contributed by atoms with Gasteiger partial charge in [0, 0.05) is 23.5 Å². The maximum atomic E-state index is 15.2. The Morgan fingerprint density at radius 3 is 2.30 bits per heavy atom. The molecule has 0 atom stereocenters. The Bertz CT molecular complexity index is 1070. The van der Waals surface area contributed by atoms with Gasteiger partial charge in [0.05, 0.1) is 5.56 Å². The highest BCUT2D eigenvalue weighted by Gasteiger charge is 2.18. The number of phenolic OH excluding ortho intramolecular Hbond substituents is 1. The van der Waals surface area contributed by atoms with Crippen molar-refractivity contribution >= 4 is 29.1 Å².